The molecule has 2 rings (SSSR count). The number of hydrogen-bond donors (Lipinski definition) is 0. The average molecular weight is 254 g/mol. The van der Waals surface area contributed by atoms with Gasteiger partial charge in [0.05, 0.1) is 7.11 Å². The van der Waals surface area contributed by atoms with E-state index in [0.29, 0.717) is 5.56 Å². The van der Waals surface area contributed by atoms with E-state index in [0.717, 1.165) is 32.0 Å². The van der Waals surface area contributed by atoms with Crippen molar-refractivity contribution in [1.29, 1.82) is 0 Å². The van der Waals surface area contributed by atoms with Gasteiger partial charge in [-0.15, -0.1) is 0 Å². The van der Waals surface area contributed by atoms with Gasteiger partial charge in [-0.2, -0.15) is 4.39 Å². The molecule has 0 amide bonds. The summed E-state index contributed by atoms with van der Waals surface area (Å²) in [6, 6.07) is 3.04. The lowest BCUT2D eigenvalue weighted by Crippen LogP contribution is -2.15. The molecule has 1 fully saturated rings. The maximum atomic E-state index is 13.9. The fraction of sp³-hybridized carbons (Fsp3) is 0.500. The van der Waals surface area contributed by atoms with Crippen molar-refractivity contribution < 1.29 is 18.3 Å². The Kier molecular flexibility index (Phi) is 3.94. The largest absolute Gasteiger partial charge is 0.494 e. The van der Waals surface area contributed by atoms with E-state index in [-0.39, 0.29) is 17.6 Å². The number of methoxy groups -OCH3 is 1. The number of ether oxygens (including phenoxy) is 1. The highest BCUT2D eigenvalue weighted by Crippen LogP contribution is 2.37. The molecule has 0 aromatic heterocycles. The molecule has 0 aliphatic heterocycles. The summed E-state index contributed by atoms with van der Waals surface area (Å²) >= 11 is 0. The topological polar surface area (TPSA) is 26.3 Å². The Hall–Kier alpha value is -1.45. The summed E-state index contributed by atoms with van der Waals surface area (Å²) in [4.78, 5) is 10.7. The van der Waals surface area contributed by atoms with Gasteiger partial charge in [0.25, 0.3) is 0 Å². The van der Waals surface area contributed by atoms with Crippen LogP contribution in [0.3, 0.4) is 0 Å². The zero-order valence-electron chi connectivity index (χ0n) is 10.3. The van der Waals surface area contributed by atoms with Crippen LogP contribution in [-0.4, -0.2) is 13.4 Å². The Morgan fingerprint density at radius 2 is 1.83 bits per heavy atom. The van der Waals surface area contributed by atoms with E-state index in [2.05, 4.69) is 0 Å². The molecule has 18 heavy (non-hydrogen) atoms. The zero-order valence-corrected chi connectivity index (χ0v) is 10.3. The second kappa shape index (κ2) is 5.46. The number of aldehydes is 1. The maximum Gasteiger partial charge on any atom is 0.200 e. The molecule has 0 bridgehead atoms. The monoisotopic (exact) mass is 254 g/mol. The molecule has 1 saturated carbocycles. The molecule has 0 N–H and O–H groups in total. The fourth-order valence-corrected chi connectivity index (χ4v) is 2.59. The first-order chi connectivity index (χ1) is 8.67. The van der Waals surface area contributed by atoms with Crippen molar-refractivity contribution in [2.24, 2.45) is 5.92 Å². The van der Waals surface area contributed by atoms with Gasteiger partial charge in [0, 0.05) is 5.92 Å². The number of carbonyl (C=O) groups is 1. The van der Waals surface area contributed by atoms with Crippen LogP contribution in [0.15, 0.2) is 12.1 Å². The molecule has 1 aromatic rings. The van der Waals surface area contributed by atoms with Crippen molar-refractivity contribution in [3.63, 3.8) is 0 Å². The summed E-state index contributed by atoms with van der Waals surface area (Å²) in [6.07, 6.45) is 3.92. The highest BCUT2D eigenvalue weighted by Gasteiger charge is 2.26. The predicted molar refractivity (Wildman–Crippen MR) is 63.7 cm³/mol. The highest BCUT2D eigenvalue weighted by molar-refractivity contribution is 5.53. The van der Waals surface area contributed by atoms with Crippen LogP contribution in [0.4, 0.5) is 8.78 Å². The van der Waals surface area contributed by atoms with E-state index in [1.54, 1.807) is 6.07 Å². The zero-order chi connectivity index (χ0) is 13.1. The third kappa shape index (κ3) is 2.37. The standard InChI is InChI=1S/C14H16F2O2/c1-18-12-7-6-11(13(15)14(12)16)10-4-2-9(8-17)3-5-10/h6-10H,2-5H2,1H3. The van der Waals surface area contributed by atoms with E-state index < -0.39 is 11.6 Å². The SMILES string of the molecule is COc1ccc(C2CCC(C=O)CC2)c(F)c1F. The Morgan fingerprint density at radius 3 is 2.39 bits per heavy atom. The van der Waals surface area contributed by atoms with Gasteiger partial charge in [-0.3, -0.25) is 0 Å². The number of halogens is 2. The minimum atomic E-state index is -0.924. The van der Waals surface area contributed by atoms with Crippen molar-refractivity contribution in [3.8, 4) is 5.75 Å². The number of benzene rings is 1. The van der Waals surface area contributed by atoms with Crippen LogP contribution in [0.25, 0.3) is 0 Å². The van der Waals surface area contributed by atoms with E-state index in [1.807, 2.05) is 0 Å². The van der Waals surface area contributed by atoms with Crippen LogP contribution < -0.4 is 4.74 Å². The first kappa shape index (κ1) is 13.0. The second-order valence-corrected chi connectivity index (χ2v) is 4.73. The predicted octanol–water partition coefficient (Wildman–Crippen LogP) is 3.45. The summed E-state index contributed by atoms with van der Waals surface area (Å²) in [7, 11) is 1.31. The van der Waals surface area contributed by atoms with Gasteiger partial charge in [-0.1, -0.05) is 6.07 Å². The van der Waals surface area contributed by atoms with Crippen molar-refractivity contribution in [2.45, 2.75) is 31.6 Å². The van der Waals surface area contributed by atoms with E-state index in [9.17, 15) is 13.6 Å². The van der Waals surface area contributed by atoms with Crippen LogP contribution in [0.2, 0.25) is 0 Å². The van der Waals surface area contributed by atoms with Crippen molar-refractivity contribution >= 4 is 6.29 Å². The Bertz CT molecular complexity index is 438. The number of carbonyl (C=O) groups excluding carboxylic acids is 1. The Balaban J connectivity index is 2.19. The lowest BCUT2D eigenvalue weighted by Gasteiger charge is -2.26. The van der Waals surface area contributed by atoms with Crippen LogP contribution >= 0.6 is 0 Å². The smallest absolute Gasteiger partial charge is 0.200 e. The van der Waals surface area contributed by atoms with Crippen molar-refractivity contribution in [2.75, 3.05) is 7.11 Å². The molecule has 0 unspecified atom stereocenters. The van der Waals surface area contributed by atoms with E-state index in [1.165, 1.54) is 13.2 Å². The molecule has 0 atom stereocenters. The number of rotatable bonds is 3. The lowest BCUT2D eigenvalue weighted by atomic mass is 9.79. The molecule has 0 radical (unpaired) electrons. The van der Waals surface area contributed by atoms with E-state index in [4.69, 9.17) is 4.74 Å². The molecule has 4 heteroatoms. The fourth-order valence-electron chi connectivity index (χ4n) is 2.59. The van der Waals surface area contributed by atoms with Crippen molar-refractivity contribution in [1.82, 2.24) is 0 Å². The molecule has 0 heterocycles. The minimum absolute atomic E-state index is 0.00149. The van der Waals surface area contributed by atoms with Crippen molar-refractivity contribution in [3.05, 3.63) is 29.3 Å². The summed E-state index contributed by atoms with van der Waals surface area (Å²) < 4.78 is 32.2. The summed E-state index contributed by atoms with van der Waals surface area (Å²) in [5.41, 5.74) is 0.401. The molecule has 1 aliphatic carbocycles. The van der Waals surface area contributed by atoms with Gasteiger partial charge >= 0.3 is 0 Å². The van der Waals surface area contributed by atoms with Gasteiger partial charge in [-0.25, -0.2) is 4.39 Å². The first-order valence-electron chi connectivity index (χ1n) is 6.14. The average Bonchev–Trinajstić information content (AvgIpc) is 2.42. The lowest BCUT2D eigenvalue weighted by molar-refractivity contribution is -0.111. The molecule has 1 aromatic carbocycles. The molecular formula is C14H16F2O2. The third-order valence-corrected chi connectivity index (χ3v) is 3.70. The molecule has 1 aliphatic rings. The summed E-state index contributed by atoms with van der Waals surface area (Å²) in [5.74, 6) is -1.73. The first-order valence-corrected chi connectivity index (χ1v) is 6.14. The Labute approximate surface area is 105 Å². The molecule has 0 saturated heterocycles. The minimum Gasteiger partial charge on any atom is -0.494 e. The van der Waals surface area contributed by atoms with Gasteiger partial charge in [0.2, 0.25) is 5.82 Å². The van der Waals surface area contributed by atoms with Crippen LogP contribution in [0, 0.1) is 17.6 Å². The van der Waals surface area contributed by atoms with Gasteiger partial charge in [0.1, 0.15) is 6.29 Å². The molecule has 2 nitrogen and oxygen atoms in total. The second-order valence-electron chi connectivity index (χ2n) is 4.73. The molecule has 0 spiro atoms. The summed E-state index contributed by atoms with van der Waals surface area (Å²) in [6.45, 7) is 0. The van der Waals surface area contributed by atoms with Crippen LogP contribution in [0.5, 0.6) is 5.75 Å². The van der Waals surface area contributed by atoms with Gasteiger partial charge < -0.3 is 9.53 Å². The van der Waals surface area contributed by atoms with Gasteiger partial charge in [-0.05, 0) is 43.2 Å². The normalized spacial score (nSPS) is 23.7. The van der Waals surface area contributed by atoms with Crippen LogP contribution in [-0.2, 0) is 4.79 Å². The quantitative estimate of drug-likeness (QED) is 0.772. The van der Waals surface area contributed by atoms with E-state index >= 15 is 0 Å². The third-order valence-electron chi connectivity index (χ3n) is 3.70. The maximum absolute atomic E-state index is 13.9. The van der Waals surface area contributed by atoms with Crippen LogP contribution in [0.1, 0.15) is 37.2 Å². The highest BCUT2D eigenvalue weighted by atomic mass is 19.2. The molecule has 98 valence electrons. The number of hydrogen-bond acceptors (Lipinski definition) is 2. The van der Waals surface area contributed by atoms with Gasteiger partial charge in [0.15, 0.2) is 11.6 Å². The molecular weight excluding hydrogens is 238 g/mol. The summed E-state index contributed by atoms with van der Waals surface area (Å²) in [5, 5.41) is 0. The Morgan fingerprint density at radius 1 is 1.17 bits per heavy atom.